The smallest absolute Gasteiger partial charge is 0.129 e. The first-order valence-electron chi connectivity index (χ1n) is 5.09. The molecule has 0 atom stereocenters. The third-order valence-electron chi connectivity index (χ3n) is 2.46. The maximum atomic E-state index is 5.64. The predicted molar refractivity (Wildman–Crippen MR) is 63.9 cm³/mol. The minimum Gasteiger partial charge on any atom is -0.397 e. The van der Waals surface area contributed by atoms with E-state index in [9.17, 15) is 0 Å². The standard InChI is InChI=1S/C11H15N5/c1-8-5-9(12)6-13-11(8)14-7-10-3-4-15-16(10)2/h3-6H,7,12H2,1-2H3,(H,13,14). The normalized spacial score (nSPS) is 10.4. The van der Waals surface area contributed by atoms with Gasteiger partial charge in [0.05, 0.1) is 24.1 Å². The van der Waals surface area contributed by atoms with Crippen LogP contribution in [0.2, 0.25) is 0 Å². The molecule has 0 fully saturated rings. The van der Waals surface area contributed by atoms with Crippen LogP contribution < -0.4 is 11.1 Å². The van der Waals surface area contributed by atoms with Crippen LogP contribution >= 0.6 is 0 Å². The van der Waals surface area contributed by atoms with Gasteiger partial charge >= 0.3 is 0 Å². The minimum absolute atomic E-state index is 0.684. The number of nitrogen functional groups attached to an aromatic ring is 1. The van der Waals surface area contributed by atoms with Crippen LogP contribution in [-0.4, -0.2) is 14.8 Å². The van der Waals surface area contributed by atoms with Crippen LogP contribution in [-0.2, 0) is 13.6 Å². The van der Waals surface area contributed by atoms with Crippen molar-refractivity contribution in [3.8, 4) is 0 Å². The zero-order valence-electron chi connectivity index (χ0n) is 9.44. The maximum absolute atomic E-state index is 5.64. The molecule has 3 N–H and O–H groups in total. The molecule has 0 amide bonds. The monoisotopic (exact) mass is 217 g/mol. The number of nitrogens with one attached hydrogen (secondary N) is 1. The molecule has 0 aliphatic carbocycles. The number of aromatic nitrogens is 3. The van der Waals surface area contributed by atoms with Crippen LogP contribution in [0.3, 0.4) is 0 Å². The average Bonchev–Trinajstić information content (AvgIpc) is 2.63. The van der Waals surface area contributed by atoms with Crippen LogP contribution in [0.15, 0.2) is 24.5 Å². The lowest BCUT2D eigenvalue weighted by Gasteiger charge is -2.08. The van der Waals surface area contributed by atoms with Gasteiger partial charge in [0.25, 0.3) is 0 Å². The molecule has 16 heavy (non-hydrogen) atoms. The van der Waals surface area contributed by atoms with E-state index in [1.165, 1.54) is 0 Å². The second-order valence-corrected chi connectivity index (χ2v) is 3.73. The van der Waals surface area contributed by atoms with Crippen molar-refractivity contribution in [1.82, 2.24) is 14.8 Å². The summed E-state index contributed by atoms with van der Waals surface area (Å²) in [5.41, 5.74) is 8.47. The minimum atomic E-state index is 0.684. The molecule has 5 heteroatoms. The molecule has 0 saturated heterocycles. The SMILES string of the molecule is Cc1cc(N)cnc1NCc1ccnn1C. The Balaban J connectivity index is 2.08. The van der Waals surface area contributed by atoms with Crippen molar-refractivity contribution in [3.63, 3.8) is 0 Å². The summed E-state index contributed by atoms with van der Waals surface area (Å²) in [6.07, 6.45) is 3.43. The van der Waals surface area contributed by atoms with E-state index in [1.807, 2.05) is 30.8 Å². The lowest BCUT2D eigenvalue weighted by atomic mass is 10.2. The number of hydrogen-bond donors (Lipinski definition) is 2. The molecule has 2 aromatic heterocycles. The molecule has 2 heterocycles. The van der Waals surface area contributed by atoms with E-state index in [0.29, 0.717) is 12.2 Å². The number of nitrogens with zero attached hydrogens (tertiary/aromatic N) is 3. The van der Waals surface area contributed by atoms with Crippen LogP contribution in [0.5, 0.6) is 0 Å². The van der Waals surface area contributed by atoms with Crippen molar-refractivity contribution in [2.24, 2.45) is 7.05 Å². The molecular formula is C11H15N5. The van der Waals surface area contributed by atoms with Crippen LogP contribution in [0.4, 0.5) is 11.5 Å². The molecule has 2 aromatic rings. The van der Waals surface area contributed by atoms with Crippen LogP contribution in [0, 0.1) is 6.92 Å². The Labute approximate surface area is 94.3 Å². The first-order chi connectivity index (χ1) is 7.66. The molecule has 0 aliphatic rings. The molecule has 2 rings (SSSR count). The Bertz CT molecular complexity index is 489. The predicted octanol–water partition coefficient (Wildman–Crippen LogP) is 1.32. The van der Waals surface area contributed by atoms with Gasteiger partial charge in [0, 0.05) is 13.2 Å². The second-order valence-electron chi connectivity index (χ2n) is 3.73. The summed E-state index contributed by atoms with van der Waals surface area (Å²) >= 11 is 0. The number of rotatable bonds is 3. The molecule has 84 valence electrons. The molecular weight excluding hydrogens is 202 g/mol. The van der Waals surface area contributed by atoms with Crippen molar-refractivity contribution in [1.29, 1.82) is 0 Å². The highest BCUT2D eigenvalue weighted by molar-refractivity contribution is 5.50. The van der Waals surface area contributed by atoms with Crippen LogP contribution in [0.1, 0.15) is 11.3 Å². The highest BCUT2D eigenvalue weighted by Gasteiger charge is 2.02. The average molecular weight is 217 g/mol. The highest BCUT2D eigenvalue weighted by Crippen LogP contribution is 2.14. The van der Waals surface area contributed by atoms with Gasteiger partial charge in [-0.3, -0.25) is 4.68 Å². The molecule has 0 bridgehead atoms. The van der Waals surface area contributed by atoms with E-state index < -0.39 is 0 Å². The van der Waals surface area contributed by atoms with E-state index in [0.717, 1.165) is 17.1 Å². The molecule has 0 radical (unpaired) electrons. The number of aryl methyl sites for hydroxylation is 2. The lowest BCUT2D eigenvalue weighted by Crippen LogP contribution is -2.07. The largest absolute Gasteiger partial charge is 0.397 e. The summed E-state index contributed by atoms with van der Waals surface area (Å²) in [6.45, 7) is 2.68. The maximum Gasteiger partial charge on any atom is 0.129 e. The number of anilines is 2. The van der Waals surface area contributed by atoms with E-state index in [-0.39, 0.29) is 0 Å². The summed E-state index contributed by atoms with van der Waals surface area (Å²) < 4.78 is 1.83. The summed E-state index contributed by atoms with van der Waals surface area (Å²) in [5.74, 6) is 0.857. The summed E-state index contributed by atoms with van der Waals surface area (Å²) in [6, 6.07) is 3.87. The van der Waals surface area contributed by atoms with Crippen molar-refractivity contribution in [2.45, 2.75) is 13.5 Å². The van der Waals surface area contributed by atoms with Gasteiger partial charge in [-0.1, -0.05) is 0 Å². The number of hydrogen-bond acceptors (Lipinski definition) is 4. The second kappa shape index (κ2) is 4.22. The summed E-state index contributed by atoms with van der Waals surface area (Å²) in [7, 11) is 1.92. The fourth-order valence-corrected chi connectivity index (χ4v) is 1.53. The van der Waals surface area contributed by atoms with Gasteiger partial charge < -0.3 is 11.1 Å². The Morgan fingerprint density at radius 3 is 2.94 bits per heavy atom. The first kappa shape index (κ1) is 10.5. The van der Waals surface area contributed by atoms with E-state index in [4.69, 9.17) is 5.73 Å². The highest BCUT2D eigenvalue weighted by atomic mass is 15.3. The van der Waals surface area contributed by atoms with Gasteiger partial charge in [-0.25, -0.2) is 4.98 Å². The Morgan fingerprint density at radius 1 is 1.50 bits per heavy atom. The number of nitrogens with two attached hydrogens (primary N) is 1. The third-order valence-corrected chi connectivity index (χ3v) is 2.46. The molecule has 5 nitrogen and oxygen atoms in total. The third kappa shape index (κ3) is 2.13. The van der Waals surface area contributed by atoms with E-state index >= 15 is 0 Å². The van der Waals surface area contributed by atoms with Gasteiger partial charge in [0.15, 0.2) is 0 Å². The van der Waals surface area contributed by atoms with Crippen molar-refractivity contribution >= 4 is 11.5 Å². The van der Waals surface area contributed by atoms with E-state index in [2.05, 4.69) is 15.4 Å². The van der Waals surface area contributed by atoms with Crippen molar-refractivity contribution in [2.75, 3.05) is 11.1 Å². The van der Waals surface area contributed by atoms with Crippen LogP contribution in [0.25, 0.3) is 0 Å². The zero-order valence-corrected chi connectivity index (χ0v) is 9.44. The Hall–Kier alpha value is -2.04. The van der Waals surface area contributed by atoms with Gasteiger partial charge in [-0.05, 0) is 24.6 Å². The Kier molecular flexibility index (Phi) is 2.76. The zero-order chi connectivity index (χ0) is 11.5. The van der Waals surface area contributed by atoms with Crippen molar-refractivity contribution in [3.05, 3.63) is 35.8 Å². The van der Waals surface area contributed by atoms with Gasteiger partial charge in [-0.15, -0.1) is 0 Å². The van der Waals surface area contributed by atoms with Crippen molar-refractivity contribution < 1.29 is 0 Å². The van der Waals surface area contributed by atoms with Gasteiger partial charge in [0.2, 0.25) is 0 Å². The molecule has 0 saturated carbocycles. The fourth-order valence-electron chi connectivity index (χ4n) is 1.53. The molecule has 0 aromatic carbocycles. The fraction of sp³-hybridized carbons (Fsp3) is 0.273. The first-order valence-corrected chi connectivity index (χ1v) is 5.09. The van der Waals surface area contributed by atoms with E-state index in [1.54, 1.807) is 12.4 Å². The Morgan fingerprint density at radius 2 is 2.31 bits per heavy atom. The number of pyridine rings is 1. The quantitative estimate of drug-likeness (QED) is 0.813. The molecule has 0 unspecified atom stereocenters. The summed E-state index contributed by atoms with van der Waals surface area (Å²) in [5, 5.41) is 7.36. The molecule has 0 spiro atoms. The summed E-state index contributed by atoms with van der Waals surface area (Å²) in [4.78, 5) is 4.24. The molecule has 0 aliphatic heterocycles. The topological polar surface area (TPSA) is 68.8 Å². The van der Waals surface area contributed by atoms with Gasteiger partial charge in [0.1, 0.15) is 5.82 Å². The van der Waals surface area contributed by atoms with Gasteiger partial charge in [-0.2, -0.15) is 5.10 Å². The lowest BCUT2D eigenvalue weighted by molar-refractivity contribution is 0.720.